The van der Waals surface area contributed by atoms with E-state index in [9.17, 15) is 17.7 Å². The molecule has 0 aromatic heterocycles. The standard InChI is InChI=1S/C15H12Cl2F3O3P/c1-22-24(2,21)14-8-10(4-5-11(14)16)23-13-6-3-9(7-12(13)17)15(18,19)20/h3-8H,1-2H3. The van der Waals surface area contributed by atoms with Crippen molar-refractivity contribution in [3.8, 4) is 11.5 Å². The summed E-state index contributed by atoms with van der Waals surface area (Å²) in [5.41, 5.74) is -0.880. The fourth-order valence-corrected chi connectivity index (χ4v) is 3.67. The summed E-state index contributed by atoms with van der Waals surface area (Å²) >= 11 is 11.8. The highest BCUT2D eigenvalue weighted by molar-refractivity contribution is 7.66. The lowest BCUT2D eigenvalue weighted by atomic mass is 10.2. The van der Waals surface area contributed by atoms with Gasteiger partial charge in [-0.15, -0.1) is 0 Å². The van der Waals surface area contributed by atoms with Gasteiger partial charge in [0.25, 0.3) is 0 Å². The van der Waals surface area contributed by atoms with E-state index in [2.05, 4.69) is 0 Å². The molecule has 0 amide bonds. The monoisotopic (exact) mass is 398 g/mol. The van der Waals surface area contributed by atoms with Gasteiger partial charge < -0.3 is 9.26 Å². The highest BCUT2D eigenvalue weighted by Gasteiger charge is 2.31. The van der Waals surface area contributed by atoms with E-state index in [4.69, 9.17) is 32.5 Å². The first-order valence-corrected chi connectivity index (χ1v) is 9.35. The Morgan fingerprint density at radius 2 is 1.71 bits per heavy atom. The van der Waals surface area contributed by atoms with Gasteiger partial charge in [0.1, 0.15) is 11.5 Å². The second-order valence-electron chi connectivity index (χ2n) is 4.89. The zero-order valence-corrected chi connectivity index (χ0v) is 14.9. The summed E-state index contributed by atoms with van der Waals surface area (Å²) in [5, 5.41) is 0.272. The fourth-order valence-electron chi connectivity index (χ4n) is 1.85. The van der Waals surface area contributed by atoms with Crippen LogP contribution >= 0.6 is 30.6 Å². The van der Waals surface area contributed by atoms with Crippen LogP contribution in [0.15, 0.2) is 36.4 Å². The van der Waals surface area contributed by atoms with Gasteiger partial charge in [-0.1, -0.05) is 23.2 Å². The van der Waals surface area contributed by atoms with Crippen molar-refractivity contribution >= 4 is 35.9 Å². The first-order valence-electron chi connectivity index (χ1n) is 6.52. The Labute approximate surface area is 146 Å². The molecule has 2 aromatic rings. The van der Waals surface area contributed by atoms with E-state index >= 15 is 0 Å². The third-order valence-corrected chi connectivity index (χ3v) is 5.89. The molecular formula is C15H12Cl2F3O3P. The fraction of sp³-hybridized carbons (Fsp3) is 0.200. The Bertz CT molecular complexity index is 809. The number of hydrogen-bond acceptors (Lipinski definition) is 3. The maximum Gasteiger partial charge on any atom is 0.416 e. The molecule has 1 atom stereocenters. The minimum atomic E-state index is -4.50. The molecule has 3 nitrogen and oxygen atoms in total. The van der Waals surface area contributed by atoms with Crippen LogP contribution in [-0.2, 0) is 15.3 Å². The molecule has 0 bridgehead atoms. The van der Waals surface area contributed by atoms with Crippen LogP contribution in [-0.4, -0.2) is 13.8 Å². The summed E-state index contributed by atoms with van der Waals surface area (Å²) in [6, 6.07) is 7.09. The van der Waals surface area contributed by atoms with Gasteiger partial charge in [0.05, 0.1) is 20.9 Å². The van der Waals surface area contributed by atoms with E-state index in [0.717, 1.165) is 18.2 Å². The topological polar surface area (TPSA) is 35.5 Å². The molecule has 9 heteroatoms. The molecule has 0 aliphatic heterocycles. The van der Waals surface area contributed by atoms with Crippen LogP contribution in [0.4, 0.5) is 13.2 Å². The van der Waals surface area contributed by atoms with Crippen LogP contribution in [0.2, 0.25) is 10.0 Å². The maximum atomic E-state index is 12.6. The predicted octanol–water partition coefficient (Wildman–Crippen LogP) is 5.98. The number of rotatable bonds is 4. The van der Waals surface area contributed by atoms with E-state index in [1.54, 1.807) is 0 Å². The molecule has 0 saturated heterocycles. The highest BCUT2D eigenvalue weighted by atomic mass is 35.5. The number of benzene rings is 2. The maximum absolute atomic E-state index is 12.6. The van der Waals surface area contributed by atoms with Crippen molar-refractivity contribution in [1.82, 2.24) is 0 Å². The van der Waals surface area contributed by atoms with Crippen molar-refractivity contribution in [1.29, 1.82) is 0 Å². The summed E-state index contributed by atoms with van der Waals surface area (Å²) in [4.78, 5) is 0. The van der Waals surface area contributed by atoms with E-state index in [-0.39, 0.29) is 26.8 Å². The molecule has 0 radical (unpaired) electrons. The van der Waals surface area contributed by atoms with E-state index < -0.39 is 19.1 Å². The minimum absolute atomic E-state index is 0.0290. The lowest BCUT2D eigenvalue weighted by molar-refractivity contribution is -0.137. The van der Waals surface area contributed by atoms with Crippen LogP contribution in [0.25, 0.3) is 0 Å². The van der Waals surface area contributed by atoms with Crippen molar-refractivity contribution in [2.75, 3.05) is 13.8 Å². The Morgan fingerprint density at radius 1 is 1.04 bits per heavy atom. The molecule has 0 saturated carbocycles. The zero-order valence-electron chi connectivity index (χ0n) is 12.5. The first kappa shape index (κ1) is 19.1. The quantitative estimate of drug-likeness (QED) is 0.593. The number of ether oxygens (including phenoxy) is 1. The Balaban J connectivity index is 2.36. The molecule has 2 rings (SSSR count). The lowest BCUT2D eigenvalue weighted by Gasteiger charge is -2.15. The van der Waals surface area contributed by atoms with E-state index in [1.165, 1.54) is 32.0 Å². The first-order chi connectivity index (χ1) is 11.0. The molecule has 2 aromatic carbocycles. The molecule has 0 aliphatic carbocycles. The van der Waals surface area contributed by atoms with Crippen molar-refractivity contribution < 1.29 is 27.0 Å². The molecule has 24 heavy (non-hydrogen) atoms. The van der Waals surface area contributed by atoms with Gasteiger partial charge in [0.15, 0.2) is 0 Å². The lowest BCUT2D eigenvalue weighted by Crippen LogP contribution is -2.07. The van der Waals surface area contributed by atoms with Crippen LogP contribution in [0.3, 0.4) is 0 Å². The third kappa shape index (κ3) is 4.25. The molecule has 0 N–H and O–H groups in total. The highest BCUT2D eigenvalue weighted by Crippen LogP contribution is 2.44. The second-order valence-corrected chi connectivity index (χ2v) is 8.24. The molecule has 130 valence electrons. The SMILES string of the molecule is COP(C)(=O)c1cc(Oc2ccc(C(F)(F)F)cc2Cl)ccc1Cl. The average Bonchev–Trinajstić information content (AvgIpc) is 2.50. The number of hydrogen-bond donors (Lipinski definition) is 0. The second kappa shape index (κ2) is 6.96. The number of halogens is 5. The summed E-state index contributed by atoms with van der Waals surface area (Å²) in [6.07, 6.45) is -4.50. The molecule has 0 heterocycles. The van der Waals surface area contributed by atoms with Crippen LogP contribution in [0, 0.1) is 0 Å². The third-order valence-electron chi connectivity index (χ3n) is 3.19. The van der Waals surface area contributed by atoms with Gasteiger partial charge in [-0.2, -0.15) is 13.2 Å². The largest absolute Gasteiger partial charge is 0.456 e. The van der Waals surface area contributed by atoms with Gasteiger partial charge in [-0.3, -0.25) is 4.57 Å². The Hall–Kier alpha value is -1.20. The summed E-state index contributed by atoms with van der Waals surface area (Å²) in [6.45, 7) is 1.39. The normalized spacial score (nSPS) is 14.3. The smallest absolute Gasteiger partial charge is 0.416 e. The average molecular weight is 399 g/mol. The van der Waals surface area contributed by atoms with Crippen molar-refractivity contribution in [2.24, 2.45) is 0 Å². The Kier molecular flexibility index (Phi) is 5.55. The van der Waals surface area contributed by atoms with Crippen molar-refractivity contribution in [3.63, 3.8) is 0 Å². The molecule has 0 spiro atoms. The van der Waals surface area contributed by atoms with Gasteiger partial charge in [-0.05, 0) is 36.4 Å². The Morgan fingerprint density at radius 3 is 2.25 bits per heavy atom. The minimum Gasteiger partial charge on any atom is -0.456 e. The predicted molar refractivity (Wildman–Crippen MR) is 88.2 cm³/mol. The van der Waals surface area contributed by atoms with Crippen molar-refractivity contribution in [3.05, 3.63) is 52.0 Å². The van der Waals surface area contributed by atoms with E-state index in [0.29, 0.717) is 0 Å². The van der Waals surface area contributed by atoms with Gasteiger partial charge >= 0.3 is 6.18 Å². The zero-order chi connectivity index (χ0) is 18.1. The van der Waals surface area contributed by atoms with E-state index in [1.807, 2.05) is 0 Å². The molecular weight excluding hydrogens is 387 g/mol. The van der Waals surface area contributed by atoms with Crippen LogP contribution in [0.5, 0.6) is 11.5 Å². The molecule has 1 unspecified atom stereocenters. The van der Waals surface area contributed by atoms with Gasteiger partial charge in [-0.25, -0.2) is 0 Å². The van der Waals surface area contributed by atoms with Crippen LogP contribution < -0.4 is 10.0 Å². The molecule has 0 fully saturated rings. The summed E-state index contributed by atoms with van der Waals surface area (Å²) in [7, 11) is -1.84. The van der Waals surface area contributed by atoms with Gasteiger partial charge in [0.2, 0.25) is 7.37 Å². The summed E-state index contributed by atoms with van der Waals surface area (Å²) < 4.78 is 60.7. The number of alkyl halides is 3. The van der Waals surface area contributed by atoms with Crippen LogP contribution in [0.1, 0.15) is 5.56 Å². The summed E-state index contributed by atoms with van der Waals surface area (Å²) in [5.74, 6) is 0.247. The molecule has 0 aliphatic rings. The van der Waals surface area contributed by atoms with Gasteiger partial charge in [0, 0.05) is 13.8 Å². The van der Waals surface area contributed by atoms with Crippen molar-refractivity contribution in [2.45, 2.75) is 6.18 Å².